The predicted octanol–water partition coefficient (Wildman–Crippen LogP) is 3.01. The number of carboxylic acid groups (broad SMARTS) is 1. The zero-order valence-electron chi connectivity index (χ0n) is 16.8. The van der Waals surface area contributed by atoms with Gasteiger partial charge in [0.2, 0.25) is 5.91 Å². The Bertz CT molecular complexity index is 1000. The second kappa shape index (κ2) is 9.80. The fourth-order valence-electron chi connectivity index (χ4n) is 3.82. The third-order valence-electron chi connectivity index (χ3n) is 5.49. The highest BCUT2D eigenvalue weighted by Crippen LogP contribution is 2.36. The van der Waals surface area contributed by atoms with E-state index in [0.717, 1.165) is 19.6 Å². The summed E-state index contributed by atoms with van der Waals surface area (Å²) in [5.41, 5.74) is 5.60. The van der Waals surface area contributed by atoms with Crippen molar-refractivity contribution in [3.8, 4) is 0 Å². The van der Waals surface area contributed by atoms with Gasteiger partial charge in [-0.3, -0.25) is 9.59 Å². The number of halogens is 2. The zero-order valence-corrected chi connectivity index (χ0v) is 19.2. The minimum Gasteiger partial charge on any atom is -0.476 e. The van der Waals surface area contributed by atoms with E-state index in [4.69, 9.17) is 17.3 Å². The van der Waals surface area contributed by atoms with E-state index in [9.17, 15) is 19.5 Å². The highest BCUT2D eigenvalue weighted by Gasteiger charge is 2.36. The third-order valence-corrected chi connectivity index (χ3v) is 6.57. The van der Waals surface area contributed by atoms with Crippen LogP contribution in [0.3, 0.4) is 0 Å². The molecule has 4 N–H and O–H groups in total. The summed E-state index contributed by atoms with van der Waals surface area (Å²) in [5, 5.41) is 16.5. The number of hydrogen-bond acceptors (Lipinski definition) is 5. The summed E-state index contributed by atoms with van der Waals surface area (Å²) in [6, 6.07) is 5.54. The van der Waals surface area contributed by atoms with Gasteiger partial charge in [0, 0.05) is 0 Å². The number of nitrogens with one attached hydrogen (secondary N) is 1. The van der Waals surface area contributed by atoms with E-state index in [1.165, 1.54) is 10.7 Å². The summed E-state index contributed by atoms with van der Waals surface area (Å²) in [6.45, 7) is 4.56. The lowest BCUT2D eigenvalue weighted by molar-refractivity contribution is -0.123. The molecule has 2 amide bonds. The van der Waals surface area contributed by atoms with Crippen LogP contribution >= 0.6 is 27.5 Å². The number of aromatic nitrogens is 2. The molecule has 31 heavy (non-hydrogen) atoms. The standard InChI is InChI=1S/C20H23BrClN5O4/c1-2-26-9-7-11(8-10-26)16(17(23)28)27-18(14(21)15(25-27)20(30)31)24-19(29)12-5-3-4-6-13(12)22/h3-6,11,16H,2,7-10H2,1H3,(H2,23,28)(H,24,29)(H,30,31). The van der Waals surface area contributed by atoms with Crippen molar-refractivity contribution in [2.75, 3.05) is 25.0 Å². The summed E-state index contributed by atoms with van der Waals surface area (Å²) >= 11 is 9.33. The minimum absolute atomic E-state index is 0.0454. The normalized spacial score (nSPS) is 16.1. The maximum atomic E-state index is 12.8. The Morgan fingerprint density at radius 3 is 2.52 bits per heavy atom. The number of piperidine rings is 1. The van der Waals surface area contributed by atoms with E-state index in [0.29, 0.717) is 12.8 Å². The molecule has 1 aromatic heterocycles. The molecule has 1 unspecified atom stereocenters. The highest BCUT2D eigenvalue weighted by atomic mass is 79.9. The largest absolute Gasteiger partial charge is 0.476 e. The lowest BCUT2D eigenvalue weighted by Gasteiger charge is -2.34. The van der Waals surface area contributed by atoms with Crippen molar-refractivity contribution in [2.45, 2.75) is 25.8 Å². The van der Waals surface area contributed by atoms with E-state index in [1.54, 1.807) is 18.2 Å². The number of nitrogens with two attached hydrogens (primary N) is 1. The van der Waals surface area contributed by atoms with Gasteiger partial charge in [0.1, 0.15) is 11.9 Å². The molecule has 1 aliphatic rings. The number of aromatic carboxylic acids is 1. The molecule has 1 aliphatic heterocycles. The zero-order chi connectivity index (χ0) is 22.7. The van der Waals surface area contributed by atoms with Crippen LogP contribution in [0, 0.1) is 5.92 Å². The molecule has 2 heterocycles. The van der Waals surface area contributed by atoms with Crippen LogP contribution in [0.2, 0.25) is 5.02 Å². The summed E-state index contributed by atoms with van der Waals surface area (Å²) in [7, 11) is 0. The van der Waals surface area contributed by atoms with Gasteiger partial charge in [-0.15, -0.1) is 0 Å². The van der Waals surface area contributed by atoms with Crippen LogP contribution in [-0.4, -0.2) is 57.2 Å². The van der Waals surface area contributed by atoms with Crippen molar-refractivity contribution in [3.05, 3.63) is 45.0 Å². The molecule has 1 fully saturated rings. The van der Waals surface area contributed by atoms with Gasteiger partial charge in [-0.1, -0.05) is 30.7 Å². The van der Waals surface area contributed by atoms with Crippen LogP contribution in [0.5, 0.6) is 0 Å². The van der Waals surface area contributed by atoms with Crippen LogP contribution < -0.4 is 11.1 Å². The number of primary amides is 1. The van der Waals surface area contributed by atoms with Crippen molar-refractivity contribution < 1.29 is 19.5 Å². The topological polar surface area (TPSA) is 131 Å². The highest BCUT2D eigenvalue weighted by molar-refractivity contribution is 9.10. The SMILES string of the molecule is CCN1CCC(C(C(N)=O)n2nc(C(=O)O)c(Br)c2NC(=O)c2ccccc2Cl)CC1. The van der Waals surface area contributed by atoms with Gasteiger partial charge in [0.05, 0.1) is 15.1 Å². The molecule has 2 aromatic rings. The number of nitrogens with zero attached hydrogens (tertiary/aromatic N) is 3. The summed E-state index contributed by atoms with van der Waals surface area (Å²) in [5.74, 6) is -2.61. The van der Waals surface area contributed by atoms with Gasteiger partial charge in [0.15, 0.2) is 5.69 Å². The fourth-order valence-corrected chi connectivity index (χ4v) is 4.57. The van der Waals surface area contributed by atoms with Gasteiger partial charge >= 0.3 is 5.97 Å². The third kappa shape index (κ3) is 4.91. The van der Waals surface area contributed by atoms with Crippen molar-refractivity contribution in [1.29, 1.82) is 0 Å². The van der Waals surface area contributed by atoms with Crippen LogP contribution in [-0.2, 0) is 4.79 Å². The van der Waals surface area contributed by atoms with E-state index < -0.39 is 23.8 Å². The predicted molar refractivity (Wildman–Crippen MR) is 119 cm³/mol. The van der Waals surface area contributed by atoms with E-state index in [1.807, 2.05) is 0 Å². The van der Waals surface area contributed by atoms with Gasteiger partial charge in [-0.25, -0.2) is 9.48 Å². The van der Waals surface area contributed by atoms with Gasteiger partial charge in [-0.05, 0) is 66.5 Å². The van der Waals surface area contributed by atoms with E-state index in [2.05, 4.69) is 38.2 Å². The van der Waals surface area contributed by atoms with Crippen LogP contribution in [0.15, 0.2) is 28.7 Å². The molecular weight excluding hydrogens is 490 g/mol. The lowest BCUT2D eigenvalue weighted by Crippen LogP contribution is -2.41. The van der Waals surface area contributed by atoms with Crippen LogP contribution in [0.1, 0.15) is 46.7 Å². The smallest absolute Gasteiger partial charge is 0.357 e. The van der Waals surface area contributed by atoms with E-state index in [-0.39, 0.29) is 32.5 Å². The fraction of sp³-hybridized carbons (Fsp3) is 0.400. The molecule has 0 bridgehead atoms. The molecule has 1 atom stereocenters. The maximum Gasteiger partial charge on any atom is 0.357 e. The first kappa shape index (κ1) is 23.2. The molecule has 0 radical (unpaired) electrons. The van der Waals surface area contributed by atoms with Gasteiger partial charge in [-0.2, -0.15) is 5.10 Å². The molecule has 11 heteroatoms. The van der Waals surface area contributed by atoms with Gasteiger partial charge in [0.25, 0.3) is 5.91 Å². The van der Waals surface area contributed by atoms with E-state index >= 15 is 0 Å². The first-order valence-electron chi connectivity index (χ1n) is 9.83. The Kier molecular flexibility index (Phi) is 7.34. The second-order valence-corrected chi connectivity index (χ2v) is 8.51. The maximum absolute atomic E-state index is 12.8. The van der Waals surface area contributed by atoms with Crippen molar-refractivity contribution in [2.24, 2.45) is 11.7 Å². The Labute approximate surface area is 192 Å². The number of likely N-dealkylation sites (tertiary alicyclic amines) is 1. The molecule has 3 rings (SSSR count). The van der Waals surface area contributed by atoms with Crippen LogP contribution in [0.25, 0.3) is 0 Å². The van der Waals surface area contributed by atoms with Gasteiger partial charge < -0.3 is 21.1 Å². The summed E-state index contributed by atoms with van der Waals surface area (Å²) in [6.07, 6.45) is 1.39. The number of rotatable bonds is 7. The second-order valence-electron chi connectivity index (χ2n) is 7.31. The lowest BCUT2D eigenvalue weighted by atomic mass is 9.89. The number of anilines is 1. The molecule has 0 aliphatic carbocycles. The van der Waals surface area contributed by atoms with Crippen molar-refractivity contribution >= 4 is 51.1 Å². The number of carbonyl (C=O) groups is 3. The molecule has 0 saturated carbocycles. The summed E-state index contributed by atoms with van der Waals surface area (Å²) in [4.78, 5) is 39.2. The Morgan fingerprint density at radius 2 is 1.97 bits per heavy atom. The first-order chi connectivity index (χ1) is 14.7. The monoisotopic (exact) mass is 511 g/mol. The molecule has 9 nitrogen and oxygen atoms in total. The molecule has 1 saturated heterocycles. The number of carboxylic acids is 1. The molecular formula is C20H23BrClN5O4. The van der Waals surface area contributed by atoms with Crippen LogP contribution in [0.4, 0.5) is 5.82 Å². The average molecular weight is 513 g/mol. The summed E-state index contributed by atoms with van der Waals surface area (Å²) < 4.78 is 1.27. The Morgan fingerprint density at radius 1 is 1.32 bits per heavy atom. The molecule has 1 aromatic carbocycles. The van der Waals surface area contributed by atoms with Crippen molar-refractivity contribution in [1.82, 2.24) is 14.7 Å². The quantitative estimate of drug-likeness (QED) is 0.523. The average Bonchev–Trinajstić information content (AvgIpc) is 3.05. The minimum atomic E-state index is -1.30. The number of carbonyl (C=O) groups excluding carboxylic acids is 2. The van der Waals surface area contributed by atoms with Crippen molar-refractivity contribution in [3.63, 3.8) is 0 Å². The first-order valence-corrected chi connectivity index (χ1v) is 11.0. The Hall–Kier alpha value is -2.43. The number of amides is 2. The Balaban J connectivity index is 2.01. The molecule has 0 spiro atoms. The molecule has 166 valence electrons. The number of benzene rings is 1. The number of hydrogen-bond donors (Lipinski definition) is 3.